The molecule has 2 nitrogen and oxygen atoms in total. The number of nitrogens with zero attached hydrogens (tertiary/aromatic N) is 2. The third-order valence-corrected chi connectivity index (χ3v) is 6.87. The van der Waals surface area contributed by atoms with Gasteiger partial charge < -0.3 is 0 Å². The topological polar surface area (TPSA) is 25.8 Å². The van der Waals surface area contributed by atoms with Gasteiger partial charge in [-0.05, 0) is 84.2 Å². The van der Waals surface area contributed by atoms with Crippen molar-refractivity contribution in [2.24, 2.45) is 0 Å². The lowest BCUT2D eigenvalue weighted by molar-refractivity contribution is 0.954. The van der Waals surface area contributed by atoms with Crippen molar-refractivity contribution < 1.29 is 0 Å². The van der Waals surface area contributed by atoms with E-state index < -0.39 is 0 Å². The van der Waals surface area contributed by atoms with Gasteiger partial charge in [-0.25, -0.2) is 0 Å². The molecule has 0 amide bonds. The van der Waals surface area contributed by atoms with E-state index in [4.69, 9.17) is 0 Å². The smallest absolute Gasteiger partial charge is 0.0659 e. The van der Waals surface area contributed by atoms with Crippen LogP contribution in [-0.2, 0) is 12.8 Å². The lowest BCUT2D eigenvalue weighted by Gasteiger charge is -2.13. The van der Waals surface area contributed by atoms with Crippen molar-refractivity contribution in [2.75, 3.05) is 0 Å². The second-order valence-electron chi connectivity index (χ2n) is 9.76. The van der Waals surface area contributed by atoms with Crippen LogP contribution in [0.1, 0.15) is 44.9 Å². The number of hydrogen-bond acceptors (Lipinski definition) is 2. The predicted octanol–water partition coefficient (Wildman–Crippen LogP) is 8.23. The molecule has 1 heterocycles. The molecule has 0 fully saturated rings. The van der Waals surface area contributed by atoms with Gasteiger partial charge in [-0.1, -0.05) is 91.0 Å². The van der Waals surface area contributed by atoms with E-state index in [1.165, 1.54) is 50.1 Å². The lowest BCUT2D eigenvalue weighted by Crippen LogP contribution is -2.00. The van der Waals surface area contributed by atoms with Crippen molar-refractivity contribution in [1.82, 2.24) is 9.97 Å². The standard InChI is InChI=1S/C34H32N2/c1-23-9-5-6-14-32(23)33-20-29(16-15-24(33)2)17-27-10-7-12-30(18-27)31-13-8-11-28(19-31)21-34-26(4)36-25(3)22-35-34/h5-16,18-20,22H,17,21H2,1-4H3. The van der Waals surface area contributed by atoms with Gasteiger partial charge in [-0.2, -0.15) is 0 Å². The molecule has 36 heavy (non-hydrogen) atoms. The molecule has 0 unspecified atom stereocenters. The van der Waals surface area contributed by atoms with E-state index in [0.29, 0.717) is 0 Å². The first-order valence-corrected chi connectivity index (χ1v) is 12.6. The van der Waals surface area contributed by atoms with Gasteiger partial charge in [0, 0.05) is 12.6 Å². The van der Waals surface area contributed by atoms with Gasteiger partial charge in [0.2, 0.25) is 0 Å². The number of aryl methyl sites for hydroxylation is 4. The average molecular weight is 469 g/mol. The summed E-state index contributed by atoms with van der Waals surface area (Å²) in [7, 11) is 0. The zero-order valence-corrected chi connectivity index (χ0v) is 21.5. The zero-order chi connectivity index (χ0) is 25.1. The molecule has 0 saturated carbocycles. The van der Waals surface area contributed by atoms with Gasteiger partial charge in [0.25, 0.3) is 0 Å². The summed E-state index contributed by atoms with van der Waals surface area (Å²) in [6.45, 7) is 8.41. The van der Waals surface area contributed by atoms with Crippen LogP contribution in [0.3, 0.4) is 0 Å². The molecular weight excluding hydrogens is 436 g/mol. The van der Waals surface area contributed by atoms with Crippen molar-refractivity contribution >= 4 is 0 Å². The van der Waals surface area contributed by atoms with Crippen LogP contribution < -0.4 is 0 Å². The highest BCUT2D eigenvalue weighted by Crippen LogP contribution is 2.29. The largest absolute Gasteiger partial charge is 0.257 e. The normalized spacial score (nSPS) is 11.0. The Labute approximate surface area is 214 Å². The summed E-state index contributed by atoms with van der Waals surface area (Å²) in [5.41, 5.74) is 14.6. The Morgan fingerprint density at radius 3 is 1.89 bits per heavy atom. The Morgan fingerprint density at radius 1 is 0.556 bits per heavy atom. The van der Waals surface area contributed by atoms with Crippen molar-refractivity contribution in [1.29, 1.82) is 0 Å². The quantitative estimate of drug-likeness (QED) is 0.251. The number of rotatable bonds is 6. The highest BCUT2D eigenvalue weighted by molar-refractivity contribution is 5.71. The van der Waals surface area contributed by atoms with Gasteiger partial charge in [0.05, 0.1) is 17.1 Å². The van der Waals surface area contributed by atoms with Gasteiger partial charge >= 0.3 is 0 Å². The van der Waals surface area contributed by atoms with E-state index in [1.807, 2.05) is 20.0 Å². The van der Waals surface area contributed by atoms with Crippen LogP contribution in [0.2, 0.25) is 0 Å². The SMILES string of the molecule is Cc1cnc(Cc2cccc(-c3cccc(Cc4ccc(C)c(-c5ccccc5C)c4)c3)c2)c(C)n1. The summed E-state index contributed by atoms with van der Waals surface area (Å²) < 4.78 is 0. The van der Waals surface area contributed by atoms with E-state index in [-0.39, 0.29) is 0 Å². The minimum Gasteiger partial charge on any atom is -0.257 e. The molecule has 0 spiro atoms. The maximum Gasteiger partial charge on any atom is 0.0659 e. The Bertz CT molecular complexity index is 1530. The van der Waals surface area contributed by atoms with Crippen LogP contribution in [-0.4, -0.2) is 9.97 Å². The first-order chi connectivity index (χ1) is 17.5. The van der Waals surface area contributed by atoms with E-state index >= 15 is 0 Å². The number of benzene rings is 4. The maximum absolute atomic E-state index is 4.61. The summed E-state index contributed by atoms with van der Waals surface area (Å²) in [5.74, 6) is 0. The van der Waals surface area contributed by atoms with E-state index in [0.717, 1.165) is 29.9 Å². The summed E-state index contributed by atoms with van der Waals surface area (Å²) in [6, 6.07) is 33.2. The summed E-state index contributed by atoms with van der Waals surface area (Å²) >= 11 is 0. The molecule has 0 bridgehead atoms. The lowest BCUT2D eigenvalue weighted by atomic mass is 9.92. The second kappa shape index (κ2) is 10.3. The number of aromatic nitrogens is 2. The van der Waals surface area contributed by atoms with Crippen molar-refractivity contribution in [3.8, 4) is 22.3 Å². The molecule has 1 aromatic heterocycles. The van der Waals surface area contributed by atoms with Crippen molar-refractivity contribution in [3.63, 3.8) is 0 Å². The Morgan fingerprint density at radius 2 is 1.19 bits per heavy atom. The molecule has 0 saturated heterocycles. The van der Waals surface area contributed by atoms with Crippen LogP contribution in [0.25, 0.3) is 22.3 Å². The molecule has 0 atom stereocenters. The van der Waals surface area contributed by atoms with Gasteiger partial charge in [-0.3, -0.25) is 9.97 Å². The molecule has 2 heteroatoms. The Hall–Kier alpha value is -4.04. The molecule has 178 valence electrons. The Kier molecular flexibility index (Phi) is 6.77. The Balaban J connectivity index is 1.40. The van der Waals surface area contributed by atoms with Gasteiger partial charge in [-0.15, -0.1) is 0 Å². The minimum atomic E-state index is 0.789. The summed E-state index contributed by atoms with van der Waals surface area (Å²) in [5, 5.41) is 0. The van der Waals surface area contributed by atoms with Crippen molar-refractivity contribution in [3.05, 3.63) is 142 Å². The fourth-order valence-electron chi connectivity index (χ4n) is 4.89. The molecule has 0 aliphatic heterocycles. The summed E-state index contributed by atoms with van der Waals surface area (Å²) in [4.78, 5) is 9.19. The van der Waals surface area contributed by atoms with Crippen LogP contribution in [0, 0.1) is 27.7 Å². The van der Waals surface area contributed by atoms with E-state index in [1.54, 1.807) is 0 Å². The van der Waals surface area contributed by atoms with Crippen LogP contribution >= 0.6 is 0 Å². The van der Waals surface area contributed by atoms with E-state index in [2.05, 4.69) is 115 Å². The molecular formula is C34H32N2. The summed E-state index contributed by atoms with van der Waals surface area (Å²) in [6.07, 6.45) is 3.55. The zero-order valence-electron chi connectivity index (χ0n) is 21.5. The molecule has 0 aliphatic carbocycles. The first-order valence-electron chi connectivity index (χ1n) is 12.6. The third kappa shape index (κ3) is 5.28. The monoisotopic (exact) mass is 468 g/mol. The predicted molar refractivity (Wildman–Crippen MR) is 150 cm³/mol. The molecule has 5 aromatic rings. The fraction of sp³-hybridized carbons (Fsp3) is 0.176. The van der Waals surface area contributed by atoms with Gasteiger partial charge in [0.15, 0.2) is 0 Å². The molecule has 0 radical (unpaired) electrons. The minimum absolute atomic E-state index is 0.789. The maximum atomic E-state index is 4.61. The second-order valence-corrected chi connectivity index (χ2v) is 9.76. The number of hydrogen-bond donors (Lipinski definition) is 0. The van der Waals surface area contributed by atoms with Crippen molar-refractivity contribution in [2.45, 2.75) is 40.5 Å². The van der Waals surface area contributed by atoms with Crippen LogP contribution in [0.4, 0.5) is 0 Å². The highest BCUT2D eigenvalue weighted by Gasteiger charge is 2.09. The van der Waals surface area contributed by atoms with Gasteiger partial charge in [0.1, 0.15) is 0 Å². The molecule has 0 N–H and O–H groups in total. The highest BCUT2D eigenvalue weighted by atomic mass is 14.8. The first kappa shape index (κ1) is 23.7. The molecule has 0 aliphatic rings. The van der Waals surface area contributed by atoms with E-state index in [9.17, 15) is 0 Å². The van der Waals surface area contributed by atoms with Crippen LogP contribution in [0.5, 0.6) is 0 Å². The molecule has 5 rings (SSSR count). The average Bonchev–Trinajstić information content (AvgIpc) is 2.88. The third-order valence-electron chi connectivity index (χ3n) is 6.87. The molecule has 4 aromatic carbocycles. The fourth-order valence-corrected chi connectivity index (χ4v) is 4.89. The van der Waals surface area contributed by atoms with Crippen LogP contribution in [0.15, 0.2) is 97.2 Å².